The number of nitro groups is 1. The third kappa shape index (κ3) is 4.21. The van der Waals surface area contributed by atoms with Crippen LogP contribution in [0.4, 0.5) is 10.5 Å². The first-order valence-electron chi connectivity index (χ1n) is 7.67. The maximum absolute atomic E-state index is 12.3. The minimum atomic E-state index is -0.705. The quantitative estimate of drug-likeness (QED) is 0.637. The molecule has 2 rings (SSSR count). The van der Waals surface area contributed by atoms with E-state index in [-0.39, 0.29) is 5.69 Å². The highest BCUT2D eigenvalue weighted by Crippen LogP contribution is 2.20. The number of nitrogens with zero attached hydrogens (tertiary/aromatic N) is 3. The Morgan fingerprint density at radius 3 is 2.79 bits per heavy atom. The summed E-state index contributed by atoms with van der Waals surface area (Å²) in [4.78, 5) is 36.2. The monoisotopic (exact) mass is 339 g/mol. The Bertz CT molecular complexity index is 636. The molecule has 24 heavy (non-hydrogen) atoms. The van der Waals surface area contributed by atoms with Crippen molar-refractivity contribution in [1.82, 2.24) is 20.4 Å². The third-order valence-corrected chi connectivity index (χ3v) is 3.46. The van der Waals surface area contributed by atoms with Crippen LogP contribution in [-0.2, 0) is 4.74 Å². The highest BCUT2D eigenvalue weighted by molar-refractivity contribution is 5.96. The largest absolute Gasteiger partial charge is 0.444 e. The molecular weight excluding hydrogens is 318 g/mol. The molecule has 10 heteroatoms. The second kappa shape index (κ2) is 6.85. The molecule has 0 aliphatic carbocycles. The fourth-order valence-corrected chi connectivity index (χ4v) is 2.43. The fraction of sp³-hybridized carbons (Fsp3) is 0.643. The number of hydrogen-bond donors (Lipinski definition) is 2. The summed E-state index contributed by atoms with van der Waals surface area (Å²) in [5.74, 6) is -0.705. The topological polar surface area (TPSA) is 130 Å². The van der Waals surface area contributed by atoms with Crippen molar-refractivity contribution in [3.63, 3.8) is 0 Å². The highest BCUT2D eigenvalue weighted by atomic mass is 16.6. The molecule has 0 spiro atoms. The molecule has 1 aliphatic heterocycles. The lowest BCUT2D eigenvalue weighted by Gasteiger charge is -2.36. The lowest BCUT2D eigenvalue weighted by Crippen LogP contribution is -2.54. The van der Waals surface area contributed by atoms with Gasteiger partial charge in [-0.25, -0.2) is 4.79 Å². The number of H-pyrrole nitrogens is 1. The van der Waals surface area contributed by atoms with Gasteiger partial charge in [0.15, 0.2) is 0 Å². The third-order valence-electron chi connectivity index (χ3n) is 3.46. The molecule has 0 bridgehead atoms. The van der Waals surface area contributed by atoms with Gasteiger partial charge in [0, 0.05) is 6.54 Å². The van der Waals surface area contributed by atoms with Crippen LogP contribution in [0.2, 0.25) is 0 Å². The zero-order chi connectivity index (χ0) is 17.9. The van der Waals surface area contributed by atoms with Crippen LogP contribution in [0.1, 0.15) is 50.5 Å². The first-order valence-corrected chi connectivity index (χ1v) is 7.67. The molecule has 1 atom stereocenters. The van der Waals surface area contributed by atoms with Crippen LogP contribution < -0.4 is 5.32 Å². The second-order valence-electron chi connectivity index (χ2n) is 6.53. The van der Waals surface area contributed by atoms with Crippen LogP contribution in [-0.4, -0.2) is 50.3 Å². The van der Waals surface area contributed by atoms with Crippen LogP contribution in [0.5, 0.6) is 0 Å². The number of ether oxygens (including phenoxy) is 1. The van der Waals surface area contributed by atoms with Gasteiger partial charge < -0.3 is 10.1 Å². The van der Waals surface area contributed by atoms with Crippen LogP contribution in [0, 0.1) is 10.1 Å². The summed E-state index contributed by atoms with van der Waals surface area (Å²) in [7, 11) is 0. The maximum atomic E-state index is 12.3. The lowest BCUT2D eigenvalue weighted by atomic mass is 10.1. The number of aromatic nitrogens is 2. The highest BCUT2D eigenvalue weighted by Gasteiger charge is 2.33. The Morgan fingerprint density at radius 2 is 2.17 bits per heavy atom. The average Bonchev–Trinajstić information content (AvgIpc) is 2.95. The van der Waals surface area contributed by atoms with E-state index < -0.39 is 34.4 Å². The molecule has 132 valence electrons. The van der Waals surface area contributed by atoms with Crippen molar-refractivity contribution < 1.29 is 19.2 Å². The van der Waals surface area contributed by atoms with E-state index in [1.165, 1.54) is 4.90 Å². The first-order chi connectivity index (χ1) is 11.2. The number of piperidine rings is 1. The fourth-order valence-electron chi connectivity index (χ4n) is 2.43. The zero-order valence-electron chi connectivity index (χ0n) is 13.9. The van der Waals surface area contributed by atoms with Crippen molar-refractivity contribution >= 4 is 17.7 Å². The van der Waals surface area contributed by atoms with E-state index in [0.29, 0.717) is 13.0 Å². The van der Waals surface area contributed by atoms with Gasteiger partial charge in [-0.2, -0.15) is 5.10 Å². The molecule has 0 aromatic carbocycles. The van der Waals surface area contributed by atoms with Gasteiger partial charge in [0.05, 0.1) is 4.92 Å². The number of nitrogens with one attached hydrogen (secondary N) is 2. The van der Waals surface area contributed by atoms with Gasteiger partial charge in [-0.05, 0) is 40.0 Å². The van der Waals surface area contributed by atoms with Crippen LogP contribution >= 0.6 is 0 Å². The molecule has 1 unspecified atom stereocenters. The van der Waals surface area contributed by atoms with E-state index in [4.69, 9.17) is 4.74 Å². The smallest absolute Gasteiger partial charge is 0.411 e. The number of hydrogen-bond acceptors (Lipinski definition) is 6. The summed E-state index contributed by atoms with van der Waals surface area (Å²) < 4.78 is 5.35. The Labute approximate surface area is 138 Å². The van der Waals surface area contributed by atoms with Crippen molar-refractivity contribution in [1.29, 1.82) is 0 Å². The normalized spacial score (nSPS) is 18.1. The number of amides is 2. The Kier molecular flexibility index (Phi) is 5.05. The van der Waals surface area contributed by atoms with Crippen molar-refractivity contribution in [2.24, 2.45) is 0 Å². The van der Waals surface area contributed by atoms with Gasteiger partial charge in [0.1, 0.15) is 18.0 Å². The number of likely N-dealkylation sites (tertiary alicyclic amines) is 1. The molecule has 0 saturated carbocycles. The van der Waals surface area contributed by atoms with Crippen LogP contribution in [0.3, 0.4) is 0 Å². The molecule has 1 aromatic heterocycles. The van der Waals surface area contributed by atoms with Crippen molar-refractivity contribution in [2.75, 3.05) is 6.54 Å². The molecule has 2 N–H and O–H groups in total. The Balaban J connectivity index is 2.10. The second-order valence-corrected chi connectivity index (χ2v) is 6.53. The Hall–Kier alpha value is -2.65. The minimum absolute atomic E-state index is 0.310. The van der Waals surface area contributed by atoms with Gasteiger partial charge in [0.25, 0.3) is 5.91 Å². The van der Waals surface area contributed by atoms with E-state index >= 15 is 0 Å². The lowest BCUT2D eigenvalue weighted by molar-refractivity contribution is -0.385. The molecular formula is C14H21N5O5. The van der Waals surface area contributed by atoms with Gasteiger partial charge in [0.2, 0.25) is 5.69 Å². The summed E-state index contributed by atoms with van der Waals surface area (Å²) in [5, 5.41) is 19.4. The summed E-state index contributed by atoms with van der Waals surface area (Å²) >= 11 is 0. The molecule has 2 heterocycles. The predicted octanol–water partition coefficient (Wildman–Crippen LogP) is 1.79. The SMILES string of the molecule is CC(C)(C)OC(=O)N1CCCCC1NC(=O)c1n[nH]cc1[N+](=O)[O-]. The van der Waals surface area contributed by atoms with Gasteiger partial charge >= 0.3 is 11.8 Å². The average molecular weight is 339 g/mol. The molecule has 2 amide bonds. The van der Waals surface area contributed by atoms with Gasteiger partial charge in [-0.15, -0.1) is 0 Å². The van der Waals surface area contributed by atoms with E-state index in [2.05, 4.69) is 15.5 Å². The number of aromatic amines is 1. The molecule has 1 saturated heterocycles. The van der Waals surface area contributed by atoms with Crippen molar-refractivity contribution in [3.8, 4) is 0 Å². The molecule has 1 fully saturated rings. The van der Waals surface area contributed by atoms with Crippen LogP contribution in [0.25, 0.3) is 0 Å². The maximum Gasteiger partial charge on any atom is 0.411 e. The predicted molar refractivity (Wildman–Crippen MR) is 83.3 cm³/mol. The molecule has 1 aromatic rings. The van der Waals surface area contributed by atoms with Crippen molar-refractivity contribution in [2.45, 2.75) is 51.8 Å². The number of rotatable bonds is 3. The first kappa shape index (κ1) is 17.7. The van der Waals surface area contributed by atoms with Gasteiger partial charge in [-0.1, -0.05) is 0 Å². The summed E-state index contributed by atoms with van der Waals surface area (Å²) in [6.07, 6.45) is 2.10. The molecule has 0 radical (unpaired) electrons. The van der Waals surface area contributed by atoms with Crippen molar-refractivity contribution in [3.05, 3.63) is 22.0 Å². The molecule has 1 aliphatic rings. The summed E-state index contributed by atoms with van der Waals surface area (Å²) in [5.41, 5.74) is -1.37. The van der Waals surface area contributed by atoms with E-state index in [0.717, 1.165) is 19.0 Å². The van der Waals surface area contributed by atoms with E-state index in [1.54, 1.807) is 20.8 Å². The molecule has 10 nitrogen and oxygen atoms in total. The van der Waals surface area contributed by atoms with E-state index in [9.17, 15) is 19.7 Å². The standard InChI is InChI=1S/C14H21N5O5/c1-14(2,3)24-13(21)18-7-5-4-6-10(18)16-12(20)11-9(19(22)23)8-15-17-11/h8,10H,4-7H2,1-3H3,(H,15,17)(H,16,20). The van der Waals surface area contributed by atoms with Gasteiger partial charge in [-0.3, -0.25) is 24.9 Å². The number of carbonyl (C=O) groups is 2. The summed E-state index contributed by atoms with van der Waals surface area (Å²) in [6.45, 7) is 5.73. The summed E-state index contributed by atoms with van der Waals surface area (Å²) in [6, 6.07) is 0. The number of carbonyl (C=O) groups excluding carboxylic acids is 2. The Morgan fingerprint density at radius 1 is 1.46 bits per heavy atom. The van der Waals surface area contributed by atoms with Crippen LogP contribution in [0.15, 0.2) is 6.20 Å². The zero-order valence-corrected chi connectivity index (χ0v) is 13.9. The van der Waals surface area contributed by atoms with E-state index in [1.807, 2.05) is 0 Å². The minimum Gasteiger partial charge on any atom is -0.444 e.